The van der Waals surface area contributed by atoms with Crippen LogP contribution in [0.4, 0.5) is 4.39 Å². The Balaban J connectivity index is 4.13. The summed E-state index contributed by atoms with van der Waals surface area (Å²) in [5, 5.41) is 0. The van der Waals surface area contributed by atoms with E-state index in [1.807, 2.05) is 6.92 Å². The molecule has 1 nitrogen and oxygen atoms in total. The summed E-state index contributed by atoms with van der Waals surface area (Å²) >= 11 is 0. The molecule has 0 bridgehead atoms. The summed E-state index contributed by atoms with van der Waals surface area (Å²) in [6.07, 6.45) is 4.97. The van der Waals surface area contributed by atoms with Crippen LogP contribution in [-0.4, -0.2) is 6.21 Å². The van der Waals surface area contributed by atoms with Gasteiger partial charge in [0.25, 0.3) is 0 Å². The van der Waals surface area contributed by atoms with E-state index in [-0.39, 0.29) is 11.5 Å². The van der Waals surface area contributed by atoms with Gasteiger partial charge in [0, 0.05) is 6.21 Å². The lowest BCUT2D eigenvalue weighted by Crippen LogP contribution is -1.77. The van der Waals surface area contributed by atoms with Gasteiger partial charge >= 0.3 is 0 Å². The second kappa shape index (κ2) is 5.59. The van der Waals surface area contributed by atoms with E-state index in [4.69, 9.17) is 0 Å². The molecule has 0 aliphatic heterocycles. The fourth-order valence-electron chi connectivity index (χ4n) is 0.501. The molecule has 0 aromatic carbocycles. The summed E-state index contributed by atoms with van der Waals surface area (Å²) in [7, 11) is 0. The maximum atomic E-state index is 12.7. The lowest BCUT2D eigenvalue weighted by molar-refractivity contribution is 0.644. The Hall–Kier alpha value is -1.18. The Labute approximate surface area is 66.7 Å². The Morgan fingerprint density at radius 1 is 1.64 bits per heavy atom. The van der Waals surface area contributed by atoms with Crippen molar-refractivity contribution in [3.05, 3.63) is 36.8 Å². The standard InChI is InChI=1S/C9H12FN/c1-4-6-9(10)8(3)11-7-5-2/h5-7H,2-4H2,1H3/b9-6+,11-7?. The van der Waals surface area contributed by atoms with Crippen LogP contribution in [0.3, 0.4) is 0 Å². The molecule has 0 spiro atoms. The van der Waals surface area contributed by atoms with Crippen molar-refractivity contribution in [2.45, 2.75) is 13.3 Å². The van der Waals surface area contributed by atoms with Gasteiger partial charge in [-0.2, -0.15) is 0 Å². The van der Waals surface area contributed by atoms with Crippen LogP contribution >= 0.6 is 0 Å². The highest BCUT2D eigenvalue weighted by atomic mass is 19.1. The van der Waals surface area contributed by atoms with Crippen LogP contribution in [0.2, 0.25) is 0 Å². The van der Waals surface area contributed by atoms with Crippen LogP contribution in [0.1, 0.15) is 13.3 Å². The van der Waals surface area contributed by atoms with Gasteiger partial charge in [-0.25, -0.2) is 4.39 Å². The second-order valence-electron chi connectivity index (χ2n) is 1.92. The summed E-state index contributed by atoms with van der Waals surface area (Å²) in [5.74, 6) is -0.370. The largest absolute Gasteiger partial charge is 0.254 e. The third-order valence-corrected chi connectivity index (χ3v) is 0.995. The Morgan fingerprint density at radius 3 is 2.73 bits per heavy atom. The monoisotopic (exact) mass is 153 g/mol. The second-order valence-corrected chi connectivity index (χ2v) is 1.92. The lowest BCUT2D eigenvalue weighted by Gasteiger charge is -1.92. The molecule has 0 unspecified atom stereocenters. The summed E-state index contributed by atoms with van der Waals surface area (Å²) in [4.78, 5) is 3.68. The zero-order valence-corrected chi connectivity index (χ0v) is 6.68. The number of hydrogen-bond acceptors (Lipinski definition) is 1. The van der Waals surface area contributed by atoms with Gasteiger partial charge in [-0.05, 0) is 12.5 Å². The van der Waals surface area contributed by atoms with E-state index in [0.717, 1.165) is 0 Å². The number of aliphatic imine (C=N–C) groups is 1. The minimum Gasteiger partial charge on any atom is -0.254 e. The highest BCUT2D eigenvalue weighted by Crippen LogP contribution is 2.10. The van der Waals surface area contributed by atoms with E-state index in [1.54, 1.807) is 0 Å². The minimum absolute atomic E-state index is 0.145. The average molecular weight is 153 g/mol. The first-order valence-corrected chi connectivity index (χ1v) is 3.42. The quantitative estimate of drug-likeness (QED) is 0.435. The van der Waals surface area contributed by atoms with Gasteiger partial charge in [-0.3, -0.25) is 4.99 Å². The molecule has 0 aromatic rings. The van der Waals surface area contributed by atoms with E-state index < -0.39 is 0 Å². The van der Waals surface area contributed by atoms with Crippen LogP contribution in [-0.2, 0) is 0 Å². The molecule has 0 atom stereocenters. The van der Waals surface area contributed by atoms with Crippen molar-refractivity contribution in [1.29, 1.82) is 0 Å². The molecule has 0 rings (SSSR count). The molecule has 0 aliphatic carbocycles. The van der Waals surface area contributed by atoms with Crippen LogP contribution in [0.5, 0.6) is 0 Å². The number of allylic oxidation sites excluding steroid dienone is 3. The number of hydrogen-bond donors (Lipinski definition) is 0. The SMILES string of the molecule is C=CC=NC(=C)/C(F)=C\CC. The van der Waals surface area contributed by atoms with E-state index in [2.05, 4.69) is 18.2 Å². The third kappa shape index (κ3) is 4.25. The van der Waals surface area contributed by atoms with Crippen LogP contribution < -0.4 is 0 Å². The first-order valence-electron chi connectivity index (χ1n) is 3.42. The molecule has 0 aliphatic rings. The molecule has 11 heavy (non-hydrogen) atoms. The lowest BCUT2D eigenvalue weighted by atomic mass is 10.3. The van der Waals surface area contributed by atoms with Gasteiger partial charge in [0.05, 0.1) is 5.70 Å². The molecular weight excluding hydrogens is 141 g/mol. The fraction of sp³-hybridized carbons (Fsp3) is 0.222. The maximum absolute atomic E-state index is 12.7. The molecule has 0 heterocycles. The molecular formula is C9H12FN. The van der Waals surface area contributed by atoms with Crippen molar-refractivity contribution in [3.8, 4) is 0 Å². The number of rotatable bonds is 4. The topological polar surface area (TPSA) is 12.4 Å². The van der Waals surface area contributed by atoms with E-state index in [9.17, 15) is 4.39 Å². The Kier molecular flexibility index (Phi) is 4.99. The van der Waals surface area contributed by atoms with Gasteiger partial charge in [-0.1, -0.05) is 26.2 Å². The van der Waals surface area contributed by atoms with Crippen molar-refractivity contribution in [3.63, 3.8) is 0 Å². The van der Waals surface area contributed by atoms with E-state index in [1.165, 1.54) is 18.4 Å². The molecule has 0 aromatic heterocycles. The zero-order valence-electron chi connectivity index (χ0n) is 6.68. The molecule has 0 saturated carbocycles. The van der Waals surface area contributed by atoms with Crippen molar-refractivity contribution >= 4 is 6.21 Å². The molecule has 0 N–H and O–H groups in total. The summed E-state index contributed by atoms with van der Waals surface area (Å²) in [5.41, 5.74) is 0.145. The third-order valence-electron chi connectivity index (χ3n) is 0.995. The zero-order chi connectivity index (χ0) is 8.69. The Morgan fingerprint density at radius 2 is 2.27 bits per heavy atom. The first-order chi connectivity index (χ1) is 5.22. The smallest absolute Gasteiger partial charge is 0.144 e. The van der Waals surface area contributed by atoms with Crippen LogP contribution in [0, 0.1) is 0 Å². The molecule has 60 valence electrons. The van der Waals surface area contributed by atoms with Crippen LogP contribution in [0.15, 0.2) is 41.8 Å². The number of nitrogens with zero attached hydrogens (tertiary/aromatic N) is 1. The maximum Gasteiger partial charge on any atom is 0.144 e. The van der Waals surface area contributed by atoms with E-state index >= 15 is 0 Å². The minimum atomic E-state index is -0.370. The molecule has 0 saturated heterocycles. The van der Waals surface area contributed by atoms with Crippen molar-refractivity contribution < 1.29 is 4.39 Å². The normalized spacial score (nSPS) is 12.0. The van der Waals surface area contributed by atoms with Crippen molar-refractivity contribution in [2.75, 3.05) is 0 Å². The molecule has 0 radical (unpaired) electrons. The van der Waals surface area contributed by atoms with Crippen LogP contribution in [0.25, 0.3) is 0 Å². The predicted octanol–water partition coefficient (Wildman–Crippen LogP) is 3.02. The Bertz CT molecular complexity index is 202. The molecule has 2 heteroatoms. The summed E-state index contributed by atoms with van der Waals surface area (Å²) in [6.45, 7) is 8.68. The highest BCUT2D eigenvalue weighted by molar-refractivity contribution is 5.71. The first kappa shape index (κ1) is 9.82. The van der Waals surface area contributed by atoms with Gasteiger partial charge in [0.1, 0.15) is 5.83 Å². The van der Waals surface area contributed by atoms with Gasteiger partial charge in [0.2, 0.25) is 0 Å². The van der Waals surface area contributed by atoms with E-state index in [0.29, 0.717) is 6.42 Å². The summed E-state index contributed by atoms with van der Waals surface area (Å²) < 4.78 is 12.7. The highest BCUT2D eigenvalue weighted by Gasteiger charge is 1.95. The van der Waals surface area contributed by atoms with Crippen molar-refractivity contribution in [1.82, 2.24) is 0 Å². The van der Waals surface area contributed by atoms with Gasteiger partial charge < -0.3 is 0 Å². The summed E-state index contributed by atoms with van der Waals surface area (Å²) in [6, 6.07) is 0. The molecule has 0 amide bonds. The fourth-order valence-corrected chi connectivity index (χ4v) is 0.501. The van der Waals surface area contributed by atoms with Crippen molar-refractivity contribution in [2.24, 2.45) is 4.99 Å². The average Bonchev–Trinajstić information content (AvgIpc) is 2.00. The predicted molar refractivity (Wildman–Crippen MR) is 47.3 cm³/mol. The number of halogens is 1. The van der Waals surface area contributed by atoms with Gasteiger partial charge in [-0.15, -0.1) is 0 Å². The molecule has 0 fully saturated rings. The van der Waals surface area contributed by atoms with Gasteiger partial charge in [0.15, 0.2) is 0 Å².